The smallest absolute Gasteiger partial charge is 0.255 e. The molecule has 0 atom stereocenters. The van der Waals surface area contributed by atoms with Gasteiger partial charge in [0.1, 0.15) is 0 Å². The van der Waals surface area contributed by atoms with Gasteiger partial charge in [-0.2, -0.15) is 5.10 Å². The van der Waals surface area contributed by atoms with Gasteiger partial charge >= 0.3 is 0 Å². The first kappa shape index (κ1) is 26.2. The molecule has 3 N–H and O–H groups in total. The van der Waals surface area contributed by atoms with Crippen molar-refractivity contribution in [3.05, 3.63) is 77.4 Å². The molecule has 2 fully saturated rings. The number of aromatic nitrogens is 2. The second-order valence-corrected chi connectivity index (χ2v) is 11.0. The molecule has 2 heterocycles. The first-order valence-corrected chi connectivity index (χ1v) is 14.2. The van der Waals surface area contributed by atoms with Crippen molar-refractivity contribution in [3.63, 3.8) is 0 Å². The van der Waals surface area contributed by atoms with E-state index in [2.05, 4.69) is 49.7 Å². The SMILES string of the molecule is CCN1CCN(Cc2ccc(NC(=O)c3ccc(C)c(-c4ccc5c(NC(=O)C6CC6)n[nH]c5c4)c3)cc2)CC1. The van der Waals surface area contributed by atoms with E-state index >= 15 is 0 Å². The number of fused-ring (bicyclic) bond motifs is 1. The number of hydrogen-bond acceptors (Lipinski definition) is 5. The second kappa shape index (κ2) is 11.2. The molecule has 0 bridgehead atoms. The van der Waals surface area contributed by atoms with Crippen molar-refractivity contribution < 1.29 is 9.59 Å². The van der Waals surface area contributed by atoms with E-state index in [1.165, 1.54) is 5.56 Å². The summed E-state index contributed by atoms with van der Waals surface area (Å²) in [5.74, 6) is 0.574. The van der Waals surface area contributed by atoms with Gasteiger partial charge in [0.15, 0.2) is 5.82 Å². The van der Waals surface area contributed by atoms with E-state index in [1.54, 1.807) is 0 Å². The highest BCUT2D eigenvalue weighted by atomic mass is 16.2. The molecule has 3 aromatic carbocycles. The number of aromatic amines is 1. The molecule has 2 amide bonds. The standard InChI is InChI=1S/C32H36N6O2/c1-3-37-14-16-38(17-15-37)20-22-5-11-26(12-6-22)33-32(40)25-7-4-21(2)28(18-25)24-10-13-27-29(19-24)35-36-30(27)34-31(39)23-8-9-23/h4-7,10-13,18-19,23H,3,8-9,14-17,20H2,1-2H3,(H,33,40)(H2,34,35,36,39). The number of hydrogen-bond donors (Lipinski definition) is 3. The van der Waals surface area contributed by atoms with Crippen LogP contribution in [-0.2, 0) is 11.3 Å². The lowest BCUT2D eigenvalue weighted by molar-refractivity contribution is -0.117. The molecule has 2 aliphatic rings. The zero-order valence-corrected chi connectivity index (χ0v) is 23.2. The van der Waals surface area contributed by atoms with Gasteiger partial charge in [0.25, 0.3) is 5.91 Å². The van der Waals surface area contributed by atoms with Gasteiger partial charge in [-0.3, -0.25) is 19.6 Å². The Morgan fingerprint density at radius 3 is 2.40 bits per heavy atom. The van der Waals surface area contributed by atoms with Crippen LogP contribution in [0.25, 0.3) is 22.0 Å². The Bertz CT molecular complexity index is 1530. The van der Waals surface area contributed by atoms with E-state index in [1.807, 2.05) is 55.5 Å². The minimum absolute atomic E-state index is 0.0344. The average Bonchev–Trinajstić information content (AvgIpc) is 3.76. The summed E-state index contributed by atoms with van der Waals surface area (Å²) in [4.78, 5) is 30.3. The molecule has 0 spiro atoms. The third kappa shape index (κ3) is 5.78. The summed E-state index contributed by atoms with van der Waals surface area (Å²) in [5, 5.41) is 14.2. The van der Waals surface area contributed by atoms with Crippen LogP contribution in [0, 0.1) is 12.8 Å². The van der Waals surface area contributed by atoms with Crippen LogP contribution in [-0.4, -0.2) is 64.5 Å². The molecule has 1 aromatic heterocycles. The largest absolute Gasteiger partial charge is 0.322 e. The number of aryl methyl sites for hydroxylation is 1. The summed E-state index contributed by atoms with van der Waals surface area (Å²) >= 11 is 0. The summed E-state index contributed by atoms with van der Waals surface area (Å²) in [6.07, 6.45) is 1.90. The summed E-state index contributed by atoms with van der Waals surface area (Å²) in [6, 6.07) is 19.9. The number of anilines is 2. The van der Waals surface area contributed by atoms with Crippen LogP contribution in [0.15, 0.2) is 60.7 Å². The topological polar surface area (TPSA) is 93.4 Å². The normalized spacial score (nSPS) is 16.2. The summed E-state index contributed by atoms with van der Waals surface area (Å²) in [5.41, 5.74) is 6.50. The molecule has 40 heavy (non-hydrogen) atoms. The molecule has 4 aromatic rings. The third-order valence-electron chi connectivity index (χ3n) is 8.09. The van der Waals surface area contributed by atoms with Gasteiger partial charge in [0.05, 0.1) is 5.52 Å². The number of benzene rings is 3. The van der Waals surface area contributed by atoms with Gasteiger partial charge in [0, 0.05) is 55.3 Å². The van der Waals surface area contributed by atoms with Gasteiger partial charge in [-0.1, -0.05) is 31.2 Å². The number of rotatable bonds is 8. The average molecular weight is 537 g/mol. The maximum Gasteiger partial charge on any atom is 0.255 e. The van der Waals surface area contributed by atoms with Gasteiger partial charge < -0.3 is 15.5 Å². The van der Waals surface area contributed by atoms with Crippen LogP contribution in [0.3, 0.4) is 0 Å². The van der Waals surface area contributed by atoms with E-state index in [-0.39, 0.29) is 17.7 Å². The van der Waals surface area contributed by atoms with Crippen LogP contribution >= 0.6 is 0 Å². The van der Waals surface area contributed by atoms with E-state index in [0.717, 1.165) is 85.4 Å². The molecule has 8 heteroatoms. The summed E-state index contributed by atoms with van der Waals surface area (Å²) in [6.45, 7) is 10.7. The first-order valence-electron chi connectivity index (χ1n) is 14.2. The molecule has 1 aliphatic heterocycles. The van der Waals surface area contributed by atoms with E-state index in [0.29, 0.717) is 11.4 Å². The molecule has 6 rings (SSSR count). The highest BCUT2D eigenvalue weighted by Crippen LogP contribution is 2.33. The maximum absolute atomic E-state index is 13.2. The minimum atomic E-state index is -0.141. The van der Waals surface area contributed by atoms with Gasteiger partial charge in [-0.15, -0.1) is 0 Å². The van der Waals surface area contributed by atoms with Crippen LogP contribution < -0.4 is 10.6 Å². The Kier molecular flexibility index (Phi) is 7.36. The number of amides is 2. The fourth-order valence-corrected chi connectivity index (χ4v) is 5.34. The second-order valence-electron chi connectivity index (χ2n) is 11.0. The van der Waals surface area contributed by atoms with Crippen LogP contribution in [0.2, 0.25) is 0 Å². The number of likely N-dealkylation sites (N-methyl/N-ethyl adjacent to an activating group) is 1. The Balaban J connectivity index is 1.12. The van der Waals surface area contributed by atoms with Crippen molar-refractivity contribution >= 4 is 34.2 Å². The van der Waals surface area contributed by atoms with E-state index in [9.17, 15) is 9.59 Å². The Labute approximate surface area is 234 Å². The molecular formula is C32H36N6O2. The Morgan fingerprint density at radius 2 is 1.68 bits per heavy atom. The molecule has 8 nitrogen and oxygen atoms in total. The molecule has 1 aliphatic carbocycles. The fraction of sp³-hybridized carbons (Fsp3) is 0.344. The predicted octanol–water partition coefficient (Wildman–Crippen LogP) is 5.28. The van der Waals surface area contributed by atoms with Crippen molar-refractivity contribution in [2.75, 3.05) is 43.4 Å². The maximum atomic E-state index is 13.2. The number of carbonyl (C=O) groups excluding carboxylic acids is 2. The minimum Gasteiger partial charge on any atom is -0.322 e. The van der Waals surface area contributed by atoms with Gasteiger partial charge in [-0.05, 0) is 85.0 Å². The summed E-state index contributed by atoms with van der Waals surface area (Å²) in [7, 11) is 0. The molecule has 0 radical (unpaired) electrons. The molecular weight excluding hydrogens is 500 g/mol. The Morgan fingerprint density at radius 1 is 0.925 bits per heavy atom. The van der Waals surface area contributed by atoms with Gasteiger partial charge in [0.2, 0.25) is 5.91 Å². The number of piperazine rings is 1. The van der Waals surface area contributed by atoms with Crippen LogP contribution in [0.4, 0.5) is 11.5 Å². The number of carbonyl (C=O) groups is 2. The first-order chi connectivity index (χ1) is 19.5. The molecule has 0 unspecified atom stereocenters. The number of H-pyrrole nitrogens is 1. The lowest BCUT2D eigenvalue weighted by atomic mass is 9.97. The monoisotopic (exact) mass is 536 g/mol. The quantitative estimate of drug-likeness (QED) is 0.285. The van der Waals surface area contributed by atoms with Crippen molar-refractivity contribution in [2.24, 2.45) is 5.92 Å². The van der Waals surface area contributed by atoms with Crippen molar-refractivity contribution in [2.45, 2.75) is 33.2 Å². The number of nitrogens with zero attached hydrogens (tertiary/aromatic N) is 3. The van der Waals surface area contributed by atoms with E-state index < -0.39 is 0 Å². The molecule has 1 saturated carbocycles. The fourth-order valence-electron chi connectivity index (χ4n) is 5.34. The third-order valence-corrected chi connectivity index (χ3v) is 8.09. The zero-order valence-electron chi connectivity index (χ0n) is 23.2. The van der Waals surface area contributed by atoms with E-state index in [4.69, 9.17) is 0 Å². The van der Waals surface area contributed by atoms with Crippen molar-refractivity contribution in [1.82, 2.24) is 20.0 Å². The lowest BCUT2D eigenvalue weighted by Gasteiger charge is -2.34. The van der Waals surface area contributed by atoms with Crippen LogP contribution in [0.5, 0.6) is 0 Å². The predicted molar refractivity (Wildman–Crippen MR) is 159 cm³/mol. The van der Waals surface area contributed by atoms with Crippen molar-refractivity contribution in [3.8, 4) is 11.1 Å². The lowest BCUT2D eigenvalue weighted by Crippen LogP contribution is -2.45. The van der Waals surface area contributed by atoms with Gasteiger partial charge in [-0.25, -0.2) is 0 Å². The molecule has 1 saturated heterocycles. The summed E-state index contributed by atoms with van der Waals surface area (Å²) < 4.78 is 0. The number of nitrogens with one attached hydrogen (secondary N) is 3. The highest BCUT2D eigenvalue weighted by Gasteiger charge is 2.30. The van der Waals surface area contributed by atoms with Crippen LogP contribution in [0.1, 0.15) is 41.3 Å². The Hall–Kier alpha value is -4.01. The zero-order chi connectivity index (χ0) is 27.6. The molecule has 206 valence electrons. The van der Waals surface area contributed by atoms with Crippen molar-refractivity contribution in [1.29, 1.82) is 0 Å². The highest BCUT2D eigenvalue weighted by molar-refractivity contribution is 6.05.